The lowest BCUT2D eigenvalue weighted by Gasteiger charge is -2.40. The standard InChI is InChI=1S/C9H16N2O3/c1-6-5-10(2)9(14)7(11(6)3)4-8(12)13/h6-7H,4-5H2,1-3H3,(H,12,13). The van der Waals surface area contributed by atoms with Crippen molar-refractivity contribution in [1.82, 2.24) is 9.80 Å². The number of nitrogens with zero attached hydrogens (tertiary/aromatic N) is 2. The normalized spacial score (nSPS) is 29.4. The van der Waals surface area contributed by atoms with Gasteiger partial charge in [-0.15, -0.1) is 0 Å². The average molecular weight is 200 g/mol. The first kappa shape index (κ1) is 11.0. The molecule has 1 aliphatic rings. The molecule has 1 N–H and O–H groups in total. The molecule has 0 spiro atoms. The summed E-state index contributed by atoms with van der Waals surface area (Å²) in [4.78, 5) is 25.6. The van der Waals surface area contributed by atoms with Gasteiger partial charge in [0.15, 0.2) is 0 Å². The minimum atomic E-state index is -0.933. The van der Waals surface area contributed by atoms with Crippen LogP contribution in [0.2, 0.25) is 0 Å². The van der Waals surface area contributed by atoms with E-state index < -0.39 is 12.0 Å². The van der Waals surface area contributed by atoms with Gasteiger partial charge in [0.25, 0.3) is 0 Å². The highest BCUT2D eigenvalue weighted by Crippen LogP contribution is 2.16. The van der Waals surface area contributed by atoms with Crippen molar-refractivity contribution >= 4 is 11.9 Å². The summed E-state index contributed by atoms with van der Waals surface area (Å²) < 4.78 is 0. The molecule has 0 aromatic heterocycles. The molecule has 0 radical (unpaired) electrons. The highest BCUT2D eigenvalue weighted by atomic mass is 16.4. The second-order valence-corrected chi connectivity index (χ2v) is 3.85. The van der Waals surface area contributed by atoms with Gasteiger partial charge in [-0.1, -0.05) is 0 Å². The van der Waals surface area contributed by atoms with Crippen LogP contribution in [-0.4, -0.2) is 59.5 Å². The zero-order chi connectivity index (χ0) is 10.9. The van der Waals surface area contributed by atoms with Gasteiger partial charge in [-0.05, 0) is 14.0 Å². The van der Waals surface area contributed by atoms with Crippen molar-refractivity contribution in [1.29, 1.82) is 0 Å². The van der Waals surface area contributed by atoms with Crippen LogP contribution in [0.3, 0.4) is 0 Å². The second-order valence-electron chi connectivity index (χ2n) is 3.85. The lowest BCUT2D eigenvalue weighted by molar-refractivity contribution is -0.149. The molecule has 0 bridgehead atoms. The summed E-state index contributed by atoms with van der Waals surface area (Å²) in [5.74, 6) is -1.04. The average Bonchev–Trinajstić information content (AvgIpc) is 2.09. The molecule has 14 heavy (non-hydrogen) atoms. The summed E-state index contributed by atoms with van der Waals surface area (Å²) in [5, 5.41) is 8.68. The maximum absolute atomic E-state index is 11.6. The molecule has 5 nitrogen and oxygen atoms in total. The molecule has 1 rings (SSSR count). The smallest absolute Gasteiger partial charge is 0.305 e. The third-order valence-corrected chi connectivity index (χ3v) is 2.75. The van der Waals surface area contributed by atoms with Crippen molar-refractivity contribution < 1.29 is 14.7 Å². The lowest BCUT2D eigenvalue weighted by atomic mass is 10.0. The van der Waals surface area contributed by atoms with E-state index in [-0.39, 0.29) is 18.4 Å². The van der Waals surface area contributed by atoms with E-state index in [1.165, 1.54) is 0 Å². The van der Waals surface area contributed by atoms with Gasteiger partial charge in [-0.3, -0.25) is 14.5 Å². The summed E-state index contributed by atoms with van der Waals surface area (Å²) in [6, 6.07) is -0.303. The van der Waals surface area contributed by atoms with Gasteiger partial charge in [0.2, 0.25) is 5.91 Å². The summed E-state index contributed by atoms with van der Waals surface area (Å²) in [6.07, 6.45) is -0.121. The first-order valence-electron chi connectivity index (χ1n) is 4.62. The molecular formula is C9H16N2O3. The molecule has 0 saturated carbocycles. The van der Waals surface area contributed by atoms with E-state index in [0.717, 1.165) is 0 Å². The number of hydrogen-bond donors (Lipinski definition) is 1. The van der Waals surface area contributed by atoms with Gasteiger partial charge in [-0.25, -0.2) is 0 Å². The third kappa shape index (κ3) is 2.04. The Labute approximate surface area is 83.3 Å². The summed E-state index contributed by atoms with van der Waals surface area (Å²) in [5.41, 5.74) is 0. The van der Waals surface area contributed by atoms with Gasteiger partial charge in [0.05, 0.1) is 12.5 Å². The SMILES string of the molecule is CC1CN(C)C(=O)C(CC(=O)O)N1C. The molecule has 0 aromatic carbocycles. The molecule has 0 aliphatic carbocycles. The molecule has 1 heterocycles. The van der Waals surface area contributed by atoms with Crippen LogP contribution in [0.5, 0.6) is 0 Å². The maximum Gasteiger partial charge on any atom is 0.305 e. The highest BCUT2D eigenvalue weighted by molar-refractivity contribution is 5.86. The van der Waals surface area contributed by atoms with Crippen LogP contribution in [0, 0.1) is 0 Å². The van der Waals surface area contributed by atoms with Crippen molar-refractivity contribution in [2.75, 3.05) is 20.6 Å². The molecule has 1 aliphatic heterocycles. The van der Waals surface area contributed by atoms with Crippen LogP contribution in [0.4, 0.5) is 0 Å². The van der Waals surface area contributed by atoms with Crippen molar-refractivity contribution in [3.63, 3.8) is 0 Å². The predicted octanol–water partition coefficient (Wildman–Crippen LogP) is -0.378. The van der Waals surface area contributed by atoms with E-state index in [1.807, 2.05) is 11.8 Å². The third-order valence-electron chi connectivity index (χ3n) is 2.75. The molecule has 80 valence electrons. The fourth-order valence-corrected chi connectivity index (χ4v) is 1.75. The molecule has 1 fully saturated rings. The Bertz CT molecular complexity index is 254. The Hall–Kier alpha value is -1.10. The topological polar surface area (TPSA) is 60.9 Å². The number of piperazine rings is 1. The highest BCUT2D eigenvalue weighted by Gasteiger charge is 2.35. The van der Waals surface area contributed by atoms with E-state index in [0.29, 0.717) is 6.54 Å². The van der Waals surface area contributed by atoms with E-state index in [4.69, 9.17) is 5.11 Å². The number of aliphatic carboxylic acids is 1. The fraction of sp³-hybridized carbons (Fsp3) is 0.778. The summed E-state index contributed by atoms with van der Waals surface area (Å²) in [6.45, 7) is 2.64. The minimum absolute atomic E-state index is 0.104. The monoisotopic (exact) mass is 200 g/mol. The summed E-state index contributed by atoms with van der Waals surface area (Å²) >= 11 is 0. The number of carbonyl (C=O) groups excluding carboxylic acids is 1. The number of carboxylic acids is 1. The summed E-state index contributed by atoms with van der Waals surface area (Å²) in [7, 11) is 3.50. The zero-order valence-electron chi connectivity index (χ0n) is 8.73. The Morgan fingerprint density at radius 1 is 1.57 bits per heavy atom. The van der Waals surface area contributed by atoms with Crippen molar-refractivity contribution in [2.24, 2.45) is 0 Å². The van der Waals surface area contributed by atoms with Gasteiger partial charge in [0, 0.05) is 19.6 Å². The number of rotatable bonds is 2. The van der Waals surface area contributed by atoms with E-state index >= 15 is 0 Å². The molecule has 0 aromatic rings. The molecule has 1 saturated heterocycles. The van der Waals surface area contributed by atoms with Crippen LogP contribution >= 0.6 is 0 Å². The zero-order valence-corrected chi connectivity index (χ0v) is 8.73. The molecule has 2 atom stereocenters. The van der Waals surface area contributed by atoms with E-state index in [9.17, 15) is 9.59 Å². The van der Waals surface area contributed by atoms with Crippen LogP contribution < -0.4 is 0 Å². The second kappa shape index (κ2) is 3.96. The molecular weight excluding hydrogens is 184 g/mol. The van der Waals surface area contributed by atoms with Gasteiger partial charge in [-0.2, -0.15) is 0 Å². The Morgan fingerprint density at radius 2 is 2.14 bits per heavy atom. The number of amides is 1. The molecule has 2 unspecified atom stereocenters. The minimum Gasteiger partial charge on any atom is -0.481 e. The van der Waals surface area contributed by atoms with Crippen molar-refractivity contribution in [3.8, 4) is 0 Å². The van der Waals surface area contributed by atoms with Gasteiger partial charge in [0.1, 0.15) is 0 Å². The lowest BCUT2D eigenvalue weighted by Crippen LogP contribution is -2.58. The first-order chi connectivity index (χ1) is 6.43. The Kier molecular flexibility index (Phi) is 3.10. The van der Waals surface area contributed by atoms with Gasteiger partial charge >= 0.3 is 5.97 Å². The quantitative estimate of drug-likeness (QED) is 0.660. The van der Waals surface area contributed by atoms with E-state index in [2.05, 4.69) is 0 Å². The number of carboxylic acid groups (broad SMARTS) is 1. The van der Waals surface area contributed by atoms with Crippen molar-refractivity contribution in [3.05, 3.63) is 0 Å². The fourth-order valence-electron chi connectivity index (χ4n) is 1.75. The van der Waals surface area contributed by atoms with Gasteiger partial charge < -0.3 is 10.0 Å². The predicted molar refractivity (Wildman–Crippen MR) is 50.9 cm³/mol. The first-order valence-corrected chi connectivity index (χ1v) is 4.62. The number of hydrogen-bond acceptors (Lipinski definition) is 3. The van der Waals surface area contributed by atoms with E-state index in [1.54, 1.807) is 19.0 Å². The largest absolute Gasteiger partial charge is 0.481 e. The van der Waals surface area contributed by atoms with Crippen LogP contribution in [-0.2, 0) is 9.59 Å². The molecule has 1 amide bonds. The molecule has 5 heteroatoms. The van der Waals surface area contributed by atoms with Crippen LogP contribution in [0.25, 0.3) is 0 Å². The van der Waals surface area contributed by atoms with Crippen LogP contribution in [0.15, 0.2) is 0 Å². The maximum atomic E-state index is 11.6. The number of likely N-dealkylation sites (N-methyl/N-ethyl adjacent to an activating group) is 2. The Morgan fingerprint density at radius 3 is 2.64 bits per heavy atom. The van der Waals surface area contributed by atoms with Crippen LogP contribution in [0.1, 0.15) is 13.3 Å². The van der Waals surface area contributed by atoms with Crippen molar-refractivity contribution in [2.45, 2.75) is 25.4 Å². The number of carbonyl (C=O) groups is 2. The Balaban J connectivity index is 2.77.